The third-order valence-electron chi connectivity index (χ3n) is 5.27. The second kappa shape index (κ2) is 8.91. The van der Waals surface area contributed by atoms with Crippen LogP contribution < -0.4 is 10.2 Å². The van der Waals surface area contributed by atoms with Gasteiger partial charge >= 0.3 is 0 Å². The summed E-state index contributed by atoms with van der Waals surface area (Å²) < 4.78 is 0. The van der Waals surface area contributed by atoms with E-state index in [9.17, 15) is 5.26 Å². The Labute approximate surface area is 170 Å². The van der Waals surface area contributed by atoms with Crippen molar-refractivity contribution in [3.05, 3.63) is 59.8 Å². The van der Waals surface area contributed by atoms with Crippen LogP contribution in [0.2, 0.25) is 0 Å². The molecular formula is C23H25N5O. The maximum atomic E-state index is 9.60. The molecule has 0 aliphatic carbocycles. The number of aliphatic hydroxyl groups excluding tert-OH is 1. The van der Waals surface area contributed by atoms with E-state index < -0.39 is 0 Å². The third kappa shape index (κ3) is 4.32. The average Bonchev–Trinajstić information content (AvgIpc) is 3.23. The number of benzene rings is 1. The number of aliphatic hydroxyl groups is 1. The maximum absolute atomic E-state index is 9.60. The van der Waals surface area contributed by atoms with Crippen LogP contribution in [0.1, 0.15) is 17.5 Å². The van der Waals surface area contributed by atoms with Gasteiger partial charge in [-0.05, 0) is 42.7 Å². The zero-order valence-electron chi connectivity index (χ0n) is 16.4. The zero-order chi connectivity index (χ0) is 20.1. The molecule has 148 valence electrons. The fourth-order valence-electron chi connectivity index (χ4n) is 3.75. The topological polar surface area (TPSA) is 88.0 Å². The summed E-state index contributed by atoms with van der Waals surface area (Å²) in [5.74, 6) is 0.897. The molecule has 3 aromatic rings. The van der Waals surface area contributed by atoms with Crippen molar-refractivity contribution < 1.29 is 5.11 Å². The fraction of sp³-hybridized carbons (Fsp3) is 0.304. The Kier molecular flexibility index (Phi) is 5.89. The van der Waals surface area contributed by atoms with E-state index in [0.29, 0.717) is 5.56 Å². The summed E-state index contributed by atoms with van der Waals surface area (Å²) in [6.07, 6.45) is 3.41. The Hall–Kier alpha value is -3.14. The maximum Gasteiger partial charge on any atom is 0.124 e. The van der Waals surface area contributed by atoms with Crippen LogP contribution in [0.3, 0.4) is 0 Å². The normalized spacial score (nSPS) is 14.0. The minimum Gasteiger partial charge on any atom is -0.396 e. The van der Waals surface area contributed by atoms with Crippen LogP contribution in [0, 0.1) is 11.3 Å². The highest BCUT2D eigenvalue weighted by molar-refractivity contribution is 5.73. The molecule has 3 N–H and O–H groups in total. The van der Waals surface area contributed by atoms with E-state index in [1.54, 1.807) is 0 Å². The number of anilines is 1. The Morgan fingerprint density at radius 3 is 2.76 bits per heavy atom. The van der Waals surface area contributed by atoms with Crippen molar-refractivity contribution in [2.45, 2.75) is 12.8 Å². The molecule has 0 spiro atoms. The number of hydrogen-bond acceptors (Lipinski definition) is 5. The average molecular weight is 387 g/mol. The number of nitriles is 1. The molecule has 0 bridgehead atoms. The Morgan fingerprint density at radius 2 is 1.97 bits per heavy atom. The first-order valence-corrected chi connectivity index (χ1v) is 10.0. The van der Waals surface area contributed by atoms with Crippen LogP contribution in [0.5, 0.6) is 0 Å². The monoisotopic (exact) mass is 387 g/mol. The highest BCUT2D eigenvalue weighted by Gasteiger charge is 2.18. The van der Waals surface area contributed by atoms with Gasteiger partial charge in [0, 0.05) is 55.8 Å². The molecule has 3 heterocycles. The summed E-state index contributed by atoms with van der Waals surface area (Å²) in [6.45, 7) is 3.81. The van der Waals surface area contributed by atoms with E-state index in [-0.39, 0.29) is 6.61 Å². The van der Waals surface area contributed by atoms with Crippen LogP contribution in [0.4, 0.5) is 5.82 Å². The number of piperazine rings is 1. The van der Waals surface area contributed by atoms with Gasteiger partial charge in [-0.1, -0.05) is 18.2 Å². The summed E-state index contributed by atoms with van der Waals surface area (Å²) >= 11 is 0. The quantitative estimate of drug-likeness (QED) is 0.605. The lowest BCUT2D eigenvalue weighted by Crippen LogP contribution is -2.44. The number of pyridine rings is 1. The molecular weight excluding hydrogens is 362 g/mol. The first kappa shape index (κ1) is 19.2. The van der Waals surface area contributed by atoms with Gasteiger partial charge in [-0.3, -0.25) is 4.98 Å². The van der Waals surface area contributed by atoms with Crippen molar-refractivity contribution >= 4 is 5.82 Å². The van der Waals surface area contributed by atoms with Crippen LogP contribution in [0.15, 0.2) is 48.7 Å². The van der Waals surface area contributed by atoms with Crippen LogP contribution >= 0.6 is 0 Å². The molecule has 0 atom stereocenters. The second-order valence-electron chi connectivity index (χ2n) is 7.25. The van der Waals surface area contributed by atoms with Gasteiger partial charge in [-0.15, -0.1) is 0 Å². The summed E-state index contributed by atoms with van der Waals surface area (Å²) in [5, 5.41) is 22.0. The van der Waals surface area contributed by atoms with Gasteiger partial charge in [0.15, 0.2) is 0 Å². The first-order chi connectivity index (χ1) is 14.3. The molecule has 0 saturated carbocycles. The molecule has 6 heteroatoms. The number of nitrogens with zero attached hydrogens (tertiary/aromatic N) is 3. The number of aromatic nitrogens is 2. The van der Waals surface area contributed by atoms with E-state index in [4.69, 9.17) is 5.11 Å². The van der Waals surface area contributed by atoms with Crippen LogP contribution in [-0.2, 0) is 6.42 Å². The Morgan fingerprint density at radius 1 is 1.10 bits per heavy atom. The van der Waals surface area contributed by atoms with Crippen molar-refractivity contribution in [2.75, 3.05) is 37.7 Å². The smallest absolute Gasteiger partial charge is 0.124 e. The Balaban J connectivity index is 1.64. The predicted octanol–water partition coefficient (Wildman–Crippen LogP) is 2.95. The zero-order valence-corrected chi connectivity index (χ0v) is 16.4. The third-order valence-corrected chi connectivity index (χ3v) is 5.27. The van der Waals surface area contributed by atoms with Crippen molar-refractivity contribution in [1.82, 2.24) is 15.3 Å². The summed E-state index contributed by atoms with van der Waals surface area (Å²) in [5.41, 5.74) is 5.74. The van der Waals surface area contributed by atoms with Gasteiger partial charge in [0.05, 0.1) is 11.3 Å². The van der Waals surface area contributed by atoms with Gasteiger partial charge in [-0.2, -0.15) is 5.26 Å². The number of H-pyrrole nitrogens is 1. The molecule has 1 aliphatic rings. The van der Waals surface area contributed by atoms with Crippen LogP contribution in [-0.4, -0.2) is 47.9 Å². The van der Waals surface area contributed by atoms with Gasteiger partial charge in [0.25, 0.3) is 0 Å². The molecule has 0 radical (unpaired) electrons. The number of aromatic amines is 1. The number of rotatable bonds is 6. The summed E-state index contributed by atoms with van der Waals surface area (Å²) in [4.78, 5) is 10.2. The molecule has 1 saturated heterocycles. The lowest BCUT2D eigenvalue weighted by Gasteiger charge is -2.28. The van der Waals surface area contributed by atoms with Crippen molar-refractivity contribution in [3.63, 3.8) is 0 Å². The molecule has 6 nitrogen and oxygen atoms in total. The number of hydrogen-bond donors (Lipinski definition) is 3. The van der Waals surface area contributed by atoms with Gasteiger partial charge in [-0.25, -0.2) is 0 Å². The minimum atomic E-state index is 0.196. The molecule has 1 fully saturated rings. The summed E-state index contributed by atoms with van der Waals surface area (Å²) in [6, 6.07) is 16.6. The van der Waals surface area contributed by atoms with Crippen molar-refractivity contribution in [3.8, 4) is 28.6 Å². The second-order valence-corrected chi connectivity index (χ2v) is 7.25. The Bertz CT molecular complexity index is 1010. The van der Waals surface area contributed by atoms with E-state index >= 15 is 0 Å². The lowest BCUT2D eigenvalue weighted by molar-refractivity contribution is 0.288. The molecule has 1 aromatic carbocycles. The highest BCUT2D eigenvalue weighted by Crippen LogP contribution is 2.29. The number of aryl methyl sites for hydroxylation is 1. The van der Waals surface area contributed by atoms with Gasteiger partial charge in [0.1, 0.15) is 11.9 Å². The summed E-state index contributed by atoms with van der Waals surface area (Å²) in [7, 11) is 0. The van der Waals surface area contributed by atoms with E-state index in [2.05, 4.69) is 50.5 Å². The highest BCUT2D eigenvalue weighted by atomic mass is 16.2. The minimum absolute atomic E-state index is 0.196. The molecule has 0 unspecified atom stereocenters. The number of nitrogens with one attached hydrogen (secondary N) is 2. The molecule has 4 rings (SSSR count). The fourth-order valence-corrected chi connectivity index (χ4v) is 3.75. The molecule has 1 aliphatic heterocycles. The van der Waals surface area contributed by atoms with Crippen molar-refractivity contribution in [2.24, 2.45) is 0 Å². The molecule has 29 heavy (non-hydrogen) atoms. The predicted molar refractivity (Wildman–Crippen MR) is 115 cm³/mol. The van der Waals surface area contributed by atoms with E-state index in [1.165, 1.54) is 5.56 Å². The van der Waals surface area contributed by atoms with E-state index in [1.807, 2.05) is 24.4 Å². The standard InChI is InChI=1S/C23H25N5O/c24-16-20-15-22(27-23(20)28-10-8-25-9-11-28)19-6-7-26-21(14-19)18-5-1-3-17(13-18)4-2-12-29/h1,3,5-7,13-15,25,27,29H,2,4,8-12H2. The van der Waals surface area contributed by atoms with Gasteiger partial charge < -0.3 is 20.3 Å². The van der Waals surface area contributed by atoms with Crippen molar-refractivity contribution in [1.29, 1.82) is 5.26 Å². The molecule has 2 aromatic heterocycles. The lowest BCUT2D eigenvalue weighted by atomic mass is 10.0. The molecule has 0 amide bonds. The van der Waals surface area contributed by atoms with E-state index in [0.717, 1.165) is 67.4 Å². The van der Waals surface area contributed by atoms with Gasteiger partial charge in [0.2, 0.25) is 0 Å². The largest absolute Gasteiger partial charge is 0.396 e. The first-order valence-electron chi connectivity index (χ1n) is 10.0. The SMILES string of the molecule is N#Cc1cc(-c2ccnc(-c3cccc(CCCO)c3)c2)[nH]c1N1CCNCC1. The van der Waals surface area contributed by atoms with Crippen LogP contribution in [0.25, 0.3) is 22.5 Å².